The molecule has 0 aromatic carbocycles. The van der Waals surface area contributed by atoms with Gasteiger partial charge in [-0.1, -0.05) is 20.8 Å². The van der Waals surface area contributed by atoms with Crippen molar-refractivity contribution in [1.29, 1.82) is 0 Å². The summed E-state index contributed by atoms with van der Waals surface area (Å²) in [6.45, 7) is 8.34. The highest BCUT2D eigenvalue weighted by Gasteiger charge is 2.36. The second-order valence-electron chi connectivity index (χ2n) is 5.19. The van der Waals surface area contributed by atoms with Gasteiger partial charge in [0, 0.05) is 19.1 Å². The van der Waals surface area contributed by atoms with Crippen LogP contribution in [0.1, 0.15) is 40.0 Å². The third-order valence-corrected chi connectivity index (χ3v) is 4.94. The molecular weight excluding hydrogens is 236 g/mol. The van der Waals surface area contributed by atoms with E-state index in [4.69, 9.17) is 0 Å². The Morgan fingerprint density at radius 2 is 2.00 bits per heavy atom. The Balaban J connectivity index is 2.49. The van der Waals surface area contributed by atoms with Gasteiger partial charge in [-0.15, -0.1) is 0 Å². The molecule has 0 aromatic heterocycles. The number of hydrogen-bond acceptors (Lipinski definition) is 3. The van der Waals surface area contributed by atoms with Gasteiger partial charge >= 0.3 is 0 Å². The molecule has 1 aliphatic rings. The predicted molar refractivity (Wildman–Crippen MR) is 71.5 cm³/mol. The molecule has 1 rings (SSSR count). The van der Waals surface area contributed by atoms with Crippen LogP contribution in [0.5, 0.6) is 0 Å². The van der Waals surface area contributed by atoms with Crippen molar-refractivity contribution in [2.75, 3.05) is 25.4 Å². The number of rotatable bonds is 9. The highest BCUT2D eigenvalue weighted by Crippen LogP contribution is 2.29. The summed E-state index contributed by atoms with van der Waals surface area (Å²) < 4.78 is 26.1. The molecule has 0 unspecified atom stereocenters. The number of nitrogens with zero attached hydrogens (tertiary/aromatic N) is 1. The van der Waals surface area contributed by atoms with E-state index < -0.39 is 10.0 Å². The zero-order valence-electron chi connectivity index (χ0n) is 11.3. The summed E-state index contributed by atoms with van der Waals surface area (Å²) in [7, 11) is -3.06. The monoisotopic (exact) mass is 262 g/mol. The van der Waals surface area contributed by atoms with Gasteiger partial charge < -0.3 is 5.32 Å². The Labute approximate surface area is 106 Å². The van der Waals surface area contributed by atoms with Crippen molar-refractivity contribution in [2.45, 2.75) is 46.1 Å². The van der Waals surface area contributed by atoms with E-state index in [2.05, 4.69) is 19.2 Å². The van der Waals surface area contributed by atoms with Gasteiger partial charge in [0.25, 0.3) is 0 Å². The van der Waals surface area contributed by atoms with Crippen LogP contribution >= 0.6 is 0 Å². The summed E-state index contributed by atoms with van der Waals surface area (Å²) in [4.78, 5) is 0. The molecular formula is C12H26N2O2S. The molecule has 0 heterocycles. The molecule has 0 aromatic rings. The average Bonchev–Trinajstić information content (AvgIpc) is 3.01. The fourth-order valence-corrected chi connectivity index (χ4v) is 3.48. The van der Waals surface area contributed by atoms with Crippen molar-refractivity contribution in [3.63, 3.8) is 0 Å². The van der Waals surface area contributed by atoms with Gasteiger partial charge in [0.15, 0.2) is 0 Å². The topological polar surface area (TPSA) is 49.4 Å². The van der Waals surface area contributed by atoms with E-state index in [1.807, 2.05) is 6.92 Å². The molecule has 5 heteroatoms. The molecule has 0 amide bonds. The molecule has 1 aliphatic carbocycles. The van der Waals surface area contributed by atoms with Gasteiger partial charge in [0.2, 0.25) is 10.0 Å². The first-order valence-electron chi connectivity index (χ1n) is 6.67. The van der Waals surface area contributed by atoms with Crippen LogP contribution < -0.4 is 5.32 Å². The SMILES string of the molecule is CCNCCS(=O)(=O)N(CCC(C)C)C1CC1. The molecule has 102 valence electrons. The molecule has 1 N–H and O–H groups in total. The van der Waals surface area contributed by atoms with E-state index in [-0.39, 0.29) is 5.75 Å². The highest BCUT2D eigenvalue weighted by atomic mass is 32.2. The summed E-state index contributed by atoms with van der Waals surface area (Å²) in [5, 5.41) is 3.08. The van der Waals surface area contributed by atoms with Crippen molar-refractivity contribution in [1.82, 2.24) is 9.62 Å². The minimum Gasteiger partial charge on any atom is -0.316 e. The smallest absolute Gasteiger partial charge is 0.215 e. The third kappa shape index (κ3) is 5.36. The Morgan fingerprint density at radius 3 is 2.47 bits per heavy atom. The predicted octanol–water partition coefficient (Wildman–Crippen LogP) is 1.44. The van der Waals surface area contributed by atoms with Crippen LogP contribution in [0.15, 0.2) is 0 Å². The highest BCUT2D eigenvalue weighted by molar-refractivity contribution is 7.89. The Hall–Kier alpha value is -0.130. The van der Waals surface area contributed by atoms with Crippen molar-refractivity contribution in [3.8, 4) is 0 Å². The fourth-order valence-electron chi connectivity index (χ4n) is 1.79. The van der Waals surface area contributed by atoms with Crippen LogP contribution in [-0.4, -0.2) is 44.2 Å². The van der Waals surface area contributed by atoms with Crippen LogP contribution in [0, 0.1) is 5.92 Å². The van der Waals surface area contributed by atoms with Gasteiger partial charge in [-0.05, 0) is 31.7 Å². The van der Waals surface area contributed by atoms with Crippen molar-refractivity contribution in [3.05, 3.63) is 0 Å². The van der Waals surface area contributed by atoms with E-state index in [0.29, 0.717) is 25.0 Å². The molecule has 0 aliphatic heterocycles. The molecule has 4 nitrogen and oxygen atoms in total. The van der Waals surface area contributed by atoms with Crippen LogP contribution in [0.2, 0.25) is 0 Å². The summed E-state index contributed by atoms with van der Waals surface area (Å²) in [5.41, 5.74) is 0. The maximum atomic E-state index is 12.2. The second-order valence-corrected chi connectivity index (χ2v) is 7.24. The number of nitrogens with one attached hydrogen (secondary N) is 1. The summed E-state index contributed by atoms with van der Waals surface area (Å²) in [5.74, 6) is 0.787. The maximum absolute atomic E-state index is 12.2. The van der Waals surface area contributed by atoms with E-state index in [1.54, 1.807) is 4.31 Å². The normalized spacial score (nSPS) is 17.0. The lowest BCUT2D eigenvalue weighted by Gasteiger charge is -2.22. The fraction of sp³-hybridized carbons (Fsp3) is 1.00. The third-order valence-electron chi connectivity index (χ3n) is 3.03. The zero-order chi connectivity index (χ0) is 12.9. The lowest BCUT2D eigenvalue weighted by molar-refractivity contribution is 0.373. The minimum atomic E-state index is -3.06. The first kappa shape index (κ1) is 14.9. The standard InChI is InChI=1S/C12H26N2O2S/c1-4-13-8-10-17(15,16)14(12-5-6-12)9-7-11(2)3/h11-13H,4-10H2,1-3H3. The van der Waals surface area contributed by atoms with E-state index in [0.717, 1.165) is 25.8 Å². The number of sulfonamides is 1. The maximum Gasteiger partial charge on any atom is 0.215 e. The van der Waals surface area contributed by atoms with E-state index in [1.165, 1.54) is 0 Å². The lowest BCUT2D eigenvalue weighted by atomic mass is 10.1. The van der Waals surface area contributed by atoms with Crippen LogP contribution in [-0.2, 0) is 10.0 Å². The van der Waals surface area contributed by atoms with Crippen molar-refractivity contribution < 1.29 is 8.42 Å². The summed E-state index contributed by atoms with van der Waals surface area (Å²) in [6.07, 6.45) is 3.04. The summed E-state index contributed by atoms with van der Waals surface area (Å²) >= 11 is 0. The molecule has 0 atom stereocenters. The Bertz CT molecular complexity index is 310. The zero-order valence-corrected chi connectivity index (χ0v) is 12.1. The molecule has 0 bridgehead atoms. The lowest BCUT2D eigenvalue weighted by Crippen LogP contribution is -2.38. The van der Waals surface area contributed by atoms with Gasteiger partial charge in [-0.3, -0.25) is 0 Å². The van der Waals surface area contributed by atoms with Gasteiger partial charge in [-0.2, -0.15) is 4.31 Å². The van der Waals surface area contributed by atoms with E-state index in [9.17, 15) is 8.42 Å². The Kier molecular flexibility index (Phi) is 5.89. The quantitative estimate of drug-likeness (QED) is 0.640. The minimum absolute atomic E-state index is 0.232. The molecule has 1 saturated carbocycles. The Morgan fingerprint density at radius 1 is 1.35 bits per heavy atom. The van der Waals surface area contributed by atoms with Crippen molar-refractivity contribution in [2.24, 2.45) is 5.92 Å². The second kappa shape index (κ2) is 6.71. The van der Waals surface area contributed by atoms with Crippen molar-refractivity contribution >= 4 is 10.0 Å². The van der Waals surface area contributed by atoms with Crippen LogP contribution in [0.4, 0.5) is 0 Å². The molecule has 1 fully saturated rings. The van der Waals surface area contributed by atoms with Crippen LogP contribution in [0.3, 0.4) is 0 Å². The van der Waals surface area contributed by atoms with Gasteiger partial charge in [0.1, 0.15) is 0 Å². The summed E-state index contributed by atoms with van der Waals surface area (Å²) in [6, 6.07) is 0.292. The average molecular weight is 262 g/mol. The first-order chi connectivity index (χ1) is 7.97. The van der Waals surface area contributed by atoms with Gasteiger partial charge in [-0.25, -0.2) is 8.42 Å². The molecule has 0 saturated heterocycles. The molecule has 17 heavy (non-hydrogen) atoms. The largest absolute Gasteiger partial charge is 0.316 e. The van der Waals surface area contributed by atoms with E-state index >= 15 is 0 Å². The van der Waals surface area contributed by atoms with Gasteiger partial charge in [0.05, 0.1) is 5.75 Å². The molecule has 0 radical (unpaired) electrons. The van der Waals surface area contributed by atoms with Crippen LogP contribution in [0.25, 0.3) is 0 Å². The number of hydrogen-bond donors (Lipinski definition) is 1. The molecule has 0 spiro atoms. The first-order valence-corrected chi connectivity index (χ1v) is 8.28.